The number of ether oxygens (including phenoxy) is 1. The van der Waals surface area contributed by atoms with E-state index in [0.717, 1.165) is 22.3 Å². The molecule has 4 rings (SSSR count). The van der Waals surface area contributed by atoms with Crippen LogP contribution < -0.4 is 5.73 Å². The Hall–Kier alpha value is -3.51. The summed E-state index contributed by atoms with van der Waals surface area (Å²) in [5.41, 5.74) is 8.68. The van der Waals surface area contributed by atoms with E-state index < -0.39 is 11.5 Å². The van der Waals surface area contributed by atoms with Gasteiger partial charge in [0.1, 0.15) is 0 Å². The fourth-order valence-corrected chi connectivity index (χ4v) is 4.13. The topological polar surface area (TPSA) is 85.5 Å². The van der Waals surface area contributed by atoms with Crippen LogP contribution in [0.3, 0.4) is 0 Å². The Morgan fingerprint density at radius 2 is 1.72 bits per heavy atom. The van der Waals surface area contributed by atoms with E-state index in [-0.39, 0.29) is 19.1 Å². The first-order valence-electron chi connectivity index (χ1n) is 10.8. The first-order valence-corrected chi connectivity index (χ1v) is 10.8. The highest BCUT2D eigenvalue weighted by molar-refractivity contribution is 5.86. The minimum absolute atomic E-state index is 0.00770. The number of nitrogens with zero attached hydrogens (tertiary/aromatic N) is 2. The number of carbonyl (C=O) groups excluding carboxylic acids is 2. The number of aryl methyl sites for hydroxylation is 1. The third-order valence-electron chi connectivity index (χ3n) is 5.89. The molecular weight excluding hydrogens is 402 g/mol. The van der Waals surface area contributed by atoms with E-state index in [1.54, 1.807) is 17.3 Å². The van der Waals surface area contributed by atoms with Crippen molar-refractivity contribution < 1.29 is 14.3 Å². The van der Waals surface area contributed by atoms with Gasteiger partial charge < -0.3 is 15.4 Å². The van der Waals surface area contributed by atoms with Gasteiger partial charge in [0, 0.05) is 31.8 Å². The summed E-state index contributed by atoms with van der Waals surface area (Å²) in [6.45, 7) is 0.902. The van der Waals surface area contributed by atoms with Crippen LogP contribution in [0.5, 0.6) is 0 Å². The number of aromatic nitrogens is 1. The van der Waals surface area contributed by atoms with Crippen molar-refractivity contribution in [2.24, 2.45) is 5.73 Å². The summed E-state index contributed by atoms with van der Waals surface area (Å²) in [6, 6.07) is 21.7. The Kier molecular flexibility index (Phi) is 6.61. The van der Waals surface area contributed by atoms with E-state index in [9.17, 15) is 9.59 Å². The number of primary amides is 1. The third kappa shape index (κ3) is 5.03. The first kappa shape index (κ1) is 21.7. The minimum Gasteiger partial charge on any atom is -0.367 e. The zero-order valence-electron chi connectivity index (χ0n) is 17.9. The highest BCUT2D eigenvalue weighted by atomic mass is 16.5. The summed E-state index contributed by atoms with van der Waals surface area (Å²) >= 11 is 0. The second-order valence-corrected chi connectivity index (χ2v) is 8.12. The molecule has 1 atom stereocenters. The lowest BCUT2D eigenvalue weighted by molar-refractivity contribution is -0.163. The van der Waals surface area contributed by atoms with E-state index in [0.29, 0.717) is 25.8 Å². The average molecular weight is 430 g/mol. The number of amides is 2. The maximum atomic E-state index is 12.9. The Bertz CT molecular complexity index is 1070. The molecule has 0 aliphatic carbocycles. The van der Waals surface area contributed by atoms with E-state index in [1.165, 1.54) is 0 Å². The molecule has 6 nitrogen and oxygen atoms in total. The fourth-order valence-electron chi connectivity index (χ4n) is 4.13. The van der Waals surface area contributed by atoms with Crippen LogP contribution >= 0.6 is 0 Å². The normalized spacial score (nSPS) is 18.3. The van der Waals surface area contributed by atoms with Crippen molar-refractivity contribution in [2.75, 3.05) is 19.7 Å². The van der Waals surface area contributed by atoms with E-state index in [2.05, 4.69) is 4.98 Å². The predicted molar refractivity (Wildman–Crippen MR) is 123 cm³/mol. The zero-order chi connectivity index (χ0) is 22.4. The molecule has 1 aliphatic heterocycles. The number of hydrogen-bond donors (Lipinski definition) is 1. The SMILES string of the molecule is NC(=O)[C@@]1(Cc2cccc(-c3ccncc3)c2)CN(C(=O)CCc2ccccc2)CCO1. The molecule has 6 heteroatoms. The molecule has 1 saturated heterocycles. The van der Waals surface area contributed by atoms with Gasteiger partial charge >= 0.3 is 0 Å². The lowest BCUT2D eigenvalue weighted by atomic mass is 9.90. The molecule has 0 spiro atoms. The Labute approximate surface area is 188 Å². The molecule has 2 N–H and O–H groups in total. The van der Waals surface area contributed by atoms with Crippen molar-refractivity contribution in [1.29, 1.82) is 0 Å². The van der Waals surface area contributed by atoms with Crippen LogP contribution in [0.15, 0.2) is 79.1 Å². The molecule has 0 radical (unpaired) electrons. The molecule has 0 saturated carbocycles. The number of benzene rings is 2. The molecule has 2 heterocycles. The maximum absolute atomic E-state index is 12.9. The Balaban J connectivity index is 1.48. The minimum atomic E-state index is -1.24. The number of rotatable bonds is 7. The quantitative estimate of drug-likeness (QED) is 0.626. The van der Waals surface area contributed by atoms with Gasteiger partial charge in [0.15, 0.2) is 5.60 Å². The maximum Gasteiger partial charge on any atom is 0.251 e. The average Bonchev–Trinajstić information content (AvgIpc) is 2.84. The molecular formula is C26H27N3O3. The molecule has 2 aromatic carbocycles. The van der Waals surface area contributed by atoms with Crippen LogP contribution in [-0.2, 0) is 27.2 Å². The van der Waals surface area contributed by atoms with Crippen molar-refractivity contribution in [1.82, 2.24) is 9.88 Å². The van der Waals surface area contributed by atoms with Crippen molar-refractivity contribution in [2.45, 2.75) is 24.9 Å². The number of carbonyl (C=O) groups is 2. The summed E-state index contributed by atoms with van der Waals surface area (Å²) in [5.74, 6) is -0.541. The van der Waals surface area contributed by atoms with Crippen LogP contribution in [0.1, 0.15) is 17.5 Å². The molecule has 2 amide bonds. The number of nitrogens with two attached hydrogens (primary N) is 1. The molecule has 32 heavy (non-hydrogen) atoms. The van der Waals surface area contributed by atoms with Crippen LogP contribution in [-0.4, -0.2) is 47.0 Å². The van der Waals surface area contributed by atoms with Gasteiger partial charge in [-0.1, -0.05) is 54.6 Å². The summed E-state index contributed by atoms with van der Waals surface area (Å²) < 4.78 is 5.94. The molecule has 164 valence electrons. The van der Waals surface area contributed by atoms with Crippen LogP contribution in [0.4, 0.5) is 0 Å². The lowest BCUT2D eigenvalue weighted by Gasteiger charge is -2.41. The van der Waals surface area contributed by atoms with Crippen molar-refractivity contribution >= 4 is 11.8 Å². The fraction of sp³-hybridized carbons (Fsp3) is 0.269. The highest BCUT2D eigenvalue weighted by Crippen LogP contribution is 2.27. The molecule has 0 bridgehead atoms. The number of morpholine rings is 1. The van der Waals surface area contributed by atoms with E-state index in [4.69, 9.17) is 10.5 Å². The summed E-state index contributed by atoms with van der Waals surface area (Å²) in [5, 5.41) is 0. The number of hydrogen-bond acceptors (Lipinski definition) is 4. The summed E-state index contributed by atoms with van der Waals surface area (Å²) in [6.07, 6.45) is 4.85. The van der Waals surface area contributed by atoms with E-state index in [1.807, 2.05) is 66.7 Å². The van der Waals surface area contributed by atoms with Crippen molar-refractivity contribution in [3.05, 3.63) is 90.3 Å². The van der Waals surface area contributed by atoms with Crippen LogP contribution in [0.25, 0.3) is 11.1 Å². The predicted octanol–water partition coefficient (Wildman–Crippen LogP) is 3.01. The largest absolute Gasteiger partial charge is 0.367 e. The Morgan fingerprint density at radius 1 is 0.969 bits per heavy atom. The van der Waals surface area contributed by atoms with Crippen LogP contribution in [0, 0.1) is 0 Å². The van der Waals surface area contributed by atoms with Gasteiger partial charge in [0.05, 0.1) is 13.2 Å². The van der Waals surface area contributed by atoms with Gasteiger partial charge in [-0.15, -0.1) is 0 Å². The second kappa shape index (κ2) is 9.75. The lowest BCUT2D eigenvalue weighted by Crippen LogP contribution is -2.61. The molecule has 3 aromatic rings. The van der Waals surface area contributed by atoms with Gasteiger partial charge in [0.2, 0.25) is 5.91 Å². The summed E-state index contributed by atoms with van der Waals surface area (Å²) in [4.78, 5) is 31.2. The standard InChI is InChI=1S/C26H27N3O3/c27-25(31)26(18-21-7-4-8-23(17-21)22-11-13-28-14-12-22)19-29(15-16-32-26)24(30)10-9-20-5-2-1-3-6-20/h1-8,11-14,17H,9-10,15-16,18-19H2,(H2,27,31)/t26-/m1/s1. The second-order valence-electron chi connectivity index (χ2n) is 8.12. The summed E-state index contributed by atoms with van der Waals surface area (Å²) in [7, 11) is 0. The van der Waals surface area contributed by atoms with Gasteiger partial charge in [-0.25, -0.2) is 0 Å². The van der Waals surface area contributed by atoms with Gasteiger partial charge in [-0.3, -0.25) is 14.6 Å². The monoisotopic (exact) mass is 429 g/mol. The van der Waals surface area contributed by atoms with Crippen molar-refractivity contribution in [3.8, 4) is 11.1 Å². The zero-order valence-corrected chi connectivity index (χ0v) is 17.9. The first-order chi connectivity index (χ1) is 15.6. The highest BCUT2D eigenvalue weighted by Gasteiger charge is 2.43. The third-order valence-corrected chi connectivity index (χ3v) is 5.89. The van der Waals surface area contributed by atoms with E-state index >= 15 is 0 Å². The molecule has 1 aliphatic rings. The molecule has 1 aromatic heterocycles. The molecule has 1 fully saturated rings. The van der Waals surface area contributed by atoms with Crippen LogP contribution in [0.2, 0.25) is 0 Å². The van der Waals surface area contributed by atoms with Gasteiger partial charge in [0.25, 0.3) is 5.91 Å². The van der Waals surface area contributed by atoms with Gasteiger partial charge in [-0.05, 0) is 40.8 Å². The van der Waals surface area contributed by atoms with Gasteiger partial charge in [-0.2, -0.15) is 0 Å². The smallest absolute Gasteiger partial charge is 0.251 e. The van der Waals surface area contributed by atoms with Crippen molar-refractivity contribution in [3.63, 3.8) is 0 Å². The Morgan fingerprint density at radius 3 is 2.47 bits per heavy atom. The molecule has 0 unspecified atom stereocenters. The number of pyridine rings is 1.